The molecule has 2 aliphatic rings. The van der Waals surface area contributed by atoms with Crippen molar-refractivity contribution in [2.45, 2.75) is 43.0 Å². The summed E-state index contributed by atoms with van der Waals surface area (Å²) in [6, 6.07) is 23.6. The zero-order valence-electron chi connectivity index (χ0n) is 19.0. The maximum Gasteiger partial charge on any atom is 0.255 e. The molecule has 1 atom stereocenters. The highest BCUT2D eigenvalue weighted by Gasteiger charge is 2.27. The minimum Gasteiger partial charge on any atom is -0.492 e. The van der Waals surface area contributed by atoms with Gasteiger partial charge in [0.1, 0.15) is 5.75 Å². The first-order valence-corrected chi connectivity index (χ1v) is 12.8. The number of carbonyl (C=O) groups is 1. The summed E-state index contributed by atoms with van der Waals surface area (Å²) in [5.74, 6) is 1.61. The number of amides is 1. The van der Waals surface area contributed by atoms with E-state index in [-0.39, 0.29) is 5.91 Å². The summed E-state index contributed by atoms with van der Waals surface area (Å²) in [6.45, 7) is 5.38. The highest BCUT2D eigenvalue weighted by Crippen LogP contribution is 2.35. The Labute approximate surface area is 200 Å². The third kappa shape index (κ3) is 4.94. The van der Waals surface area contributed by atoms with Crippen molar-refractivity contribution in [3.63, 3.8) is 0 Å². The van der Waals surface area contributed by atoms with Gasteiger partial charge < -0.3 is 10.1 Å². The van der Waals surface area contributed by atoms with Crippen LogP contribution in [-0.2, 0) is 25.1 Å². The van der Waals surface area contributed by atoms with Crippen LogP contribution in [0.1, 0.15) is 39.5 Å². The molecule has 2 heterocycles. The lowest BCUT2D eigenvalue weighted by molar-refractivity contribution is 0.0924. The number of nitrogens with zero attached hydrogens (tertiary/aromatic N) is 1. The van der Waals surface area contributed by atoms with Gasteiger partial charge in [-0.1, -0.05) is 61.5 Å². The average Bonchev–Trinajstić information content (AvgIpc) is 3.34. The lowest BCUT2D eigenvalue weighted by Gasteiger charge is -2.36. The Morgan fingerprint density at radius 1 is 1.06 bits per heavy atom. The molecule has 33 heavy (non-hydrogen) atoms. The molecule has 0 fully saturated rings. The summed E-state index contributed by atoms with van der Waals surface area (Å²) in [4.78, 5) is 16.9. The summed E-state index contributed by atoms with van der Waals surface area (Å²) < 4.78 is 5.87. The van der Waals surface area contributed by atoms with Crippen molar-refractivity contribution in [1.82, 2.24) is 10.2 Å². The van der Waals surface area contributed by atoms with Crippen molar-refractivity contribution >= 4 is 17.7 Å². The number of thioether (sulfide) groups is 1. The molecule has 0 unspecified atom stereocenters. The molecule has 0 spiro atoms. The van der Waals surface area contributed by atoms with Gasteiger partial charge in [0.15, 0.2) is 0 Å². The number of nitrogens with one attached hydrogen (secondary N) is 1. The van der Waals surface area contributed by atoms with Gasteiger partial charge in [-0.15, -0.1) is 11.8 Å². The van der Waals surface area contributed by atoms with Crippen LogP contribution in [0.25, 0.3) is 0 Å². The van der Waals surface area contributed by atoms with Gasteiger partial charge in [-0.25, -0.2) is 0 Å². The van der Waals surface area contributed by atoms with E-state index in [1.54, 1.807) is 11.8 Å². The Morgan fingerprint density at radius 3 is 2.67 bits per heavy atom. The van der Waals surface area contributed by atoms with Crippen LogP contribution >= 0.6 is 11.8 Å². The number of hydrogen-bond donors (Lipinski definition) is 1. The van der Waals surface area contributed by atoms with E-state index in [1.807, 2.05) is 12.1 Å². The van der Waals surface area contributed by atoms with Crippen LogP contribution in [0, 0.1) is 0 Å². The molecule has 170 valence electrons. The standard InChI is InChI=1S/C28H30N2O2S/c1-2-30-18-23-11-7-6-10-21(23)14-24(30)17-29-28(31)26-16-25(15-22-12-13-32-27(22)26)33-19-20-8-4-3-5-9-20/h3-11,15-16,24H,2,12-14,17-19H2,1H3,(H,29,31)/t24-/m0/s1. The van der Waals surface area contributed by atoms with Crippen LogP contribution in [0.3, 0.4) is 0 Å². The second-order valence-corrected chi connectivity index (χ2v) is 9.78. The summed E-state index contributed by atoms with van der Waals surface area (Å²) in [5, 5.41) is 3.22. The molecule has 4 nitrogen and oxygen atoms in total. The maximum atomic E-state index is 13.3. The molecule has 3 aromatic carbocycles. The van der Waals surface area contributed by atoms with Crippen LogP contribution in [-0.4, -0.2) is 36.5 Å². The van der Waals surface area contributed by atoms with Gasteiger partial charge in [-0.2, -0.15) is 0 Å². The minimum absolute atomic E-state index is 0.0368. The molecule has 0 saturated carbocycles. The molecule has 5 heteroatoms. The van der Waals surface area contributed by atoms with E-state index in [0.717, 1.165) is 47.9 Å². The largest absolute Gasteiger partial charge is 0.492 e. The number of fused-ring (bicyclic) bond motifs is 2. The van der Waals surface area contributed by atoms with Gasteiger partial charge in [-0.05, 0) is 47.4 Å². The lowest BCUT2D eigenvalue weighted by atomic mass is 9.94. The molecule has 3 aromatic rings. The van der Waals surface area contributed by atoms with E-state index in [4.69, 9.17) is 4.74 Å². The van der Waals surface area contributed by atoms with E-state index in [1.165, 1.54) is 16.7 Å². The Balaban J connectivity index is 1.29. The van der Waals surface area contributed by atoms with E-state index < -0.39 is 0 Å². The average molecular weight is 459 g/mol. The third-order valence-corrected chi connectivity index (χ3v) is 7.67. The summed E-state index contributed by atoms with van der Waals surface area (Å²) in [5.41, 5.74) is 5.88. The third-order valence-electron chi connectivity index (χ3n) is 6.62. The van der Waals surface area contributed by atoms with E-state index in [2.05, 4.69) is 71.7 Å². The van der Waals surface area contributed by atoms with E-state index >= 15 is 0 Å². The molecule has 0 radical (unpaired) electrons. The predicted octanol–water partition coefficient (Wildman–Crippen LogP) is 5.09. The van der Waals surface area contributed by atoms with Gasteiger partial charge in [0.25, 0.3) is 5.91 Å². The zero-order valence-corrected chi connectivity index (χ0v) is 19.9. The van der Waals surface area contributed by atoms with Gasteiger partial charge in [0, 0.05) is 36.2 Å². The number of hydrogen-bond acceptors (Lipinski definition) is 4. The highest BCUT2D eigenvalue weighted by atomic mass is 32.2. The van der Waals surface area contributed by atoms with Crippen molar-refractivity contribution in [3.05, 3.63) is 94.5 Å². The van der Waals surface area contributed by atoms with Crippen LogP contribution in [0.15, 0.2) is 71.6 Å². The SMILES string of the molecule is CCN1Cc2ccccc2C[C@H]1CNC(=O)c1cc(SCc2ccccc2)cc2c1OCC2. The summed E-state index contributed by atoms with van der Waals surface area (Å²) >= 11 is 1.77. The van der Waals surface area contributed by atoms with Crippen LogP contribution < -0.4 is 10.1 Å². The normalized spacial score (nSPS) is 17.2. The molecular weight excluding hydrogens is 428 g/mol. The van der Waals surface area contributed by atoms with Crippen molar-refractivity contribution in [2.24, 2.45) is 0 Å². The molecule has 1 amide bonds. The first-order chi connectivity index (χ1) is 16.2. The van der Waals surface area contributed by atoms with E-state index in [0.29, 0.717) is 24.8 Å². The molecule has 1 N–H and O–H groups in total. The smallest absolute Gasteiger partial charge is 0.255 e. The summed E-state index contributed by atoms with van der Waals surface area (Å²) in [7, 11) is 0. The van der Waals surface area contributed by atoms with Crippen LogP contribution in [0.5, 0.6) is 5.75 Å². The van der Waals surface area contributed by atoms with Gasteiger partial charge in [0.05, 0.1) is 12.2 Å². The topological polar surface area (TPSA) is 41.6 Å². The number of carbonyl (C=O) groups excluding carboxylic acids is 1. The molecular formula is C28H30N2O2S. The van der Waals surface area contributed by atoms with Gasteiger partial charge in [0.2, 0.25) is 0 Å². The first-order valence-electron chi connectivity index (χ1n) is 11.8. The fourth-order valence-electron chi connectivity index (χ4n) is 4.79. The Kier molecular flexibility index (Phi) is 6.70. The first kappa shape index (κ1) is 22.1. The van der Waals surface area contributed by atoms with E-state index in [9.17, 15) is 4.79 Å². The van der Waals surface area contributed by atoms with Gasteiger partial charge >= 0.3 is 0 Å². The molecule has 0 aromatic heterocycles. The number of likely N-dealkylation sites (N-methyl/N-ethyl adjacent to an activating group) is 1. The zero-order chi connectivity index (χ0) is 22.6. The molecule has 0 aliphatic carbocycles. The predicted molar refractivity (Wildman–Crippen MR) is 134 cm³/mol. The Hall–Kier alpha value is -2.76. The van der Waals surface area contributed by atoms with Gasteiger partial charge in [-0.3, -0.25) is 9.69 Å². The maximum absolute atomic E-state index is 13.3. The molecule has 2 aliphatic heterocycles. The molecule has 0 bridgehead atoms. The number of rotatable bonds is 7. The van der Waals surface area contributed by atoms with Crippen LogP contribution in [0.2, 0.25) is 0 Å². The van der Waals surface area contributed by atoms with Crippen molar-refractivity contribution in [2.75, 3.05) is 19.7 Å². The summed E-state index contributed by atoms with van der Waals surface area (Å²) in [6.07, 6.45) is 1.82. The fourth-order valence-corrected chi connectivity index (χ4v) is 5.74. The Morgan fingerprint density at radius 2 is 1.85 bits per heavy atom. The lowest BCUT2D eigenvalue weighted by Crippen LogP contribution is -2.47. The number of ether oxygens (including phenoxy) is 1. The fraction of sp³-hybridized carbons (Fsp3) is 0.321. The van der Waals surface area contributed by atoms with Crippen LogP contribution in [0.4, 0.5) is 0 Å². The van der Waals surface area contributed by atoms with Crippen molar-refractivity contribution in [1.29, 1.82) is 0 Å². The molecule has 5 rings (SSSR count). The van der Waals surface area contributed by atoms with Crippen molar-refractivity contribution < 1.29 is 9.53 Å². The second-order valence-electron chi connectivity index (χ2n) is 8.73. The minimum atomic E-state index is -0.0368. The Bertz CT molecular complexity index is 1130. The quantitative estimate of drug-likeness (QED) is 0.501. The van der Waals surface area contributed by atoms with Crippen molar-refractivity contribution in [3.8, 4) is 5.75 Å². The monoisotopic (exact) mass is 458 g/mol. The number of benzene rings is 3. The second kappa shape index (κ2) is 10.0. The highest BCUT2D eigenvalue weighted by molar-refractivity contribution is 7.98. The molecule has 0 saturated heterocycles.